The summed E-state index contributed by atoms with van der Waals surface area (Å²) in [7, 11) is 0. The Morgan fingerprint density at radius 2 is 2.31 bits per heavy atom. The van der Waals surface area contributed by atoms with E-state index in [0.29, 0.717) is 11.3 Å². The third-order valence-corrected chi connectivity index (χ3v) is 3.06. The van der Waals surface area contributed by atoms with E-state index in [4.69, 9.17) is 0 Å². The number of carbonyl (C=O) groups is 1. The zero-order valence-corrected chi connectivity index (χ0v) is 10.1. The molecule has 0 fully saturated rings. The van der Waals surface area contributed by atoms with Crippen LogP contribution < -0.4 is 5.32 Å². The van der Waals surface area contributed by atoms with Crippen LogP contribution in [0.4, 0.5) is 5.69 Å². The standard InChI is InChI=1S/C11H9BrN2O2/c1-7-9(3-2-4-10(7)12)11(15)14-8-5-13-16-6-8/h2-6H,1H3,(H,14,15). The molecular weight excluding hydrogens is 272 g/mol. The third kappa shape index (κ3) is 2.14. The molecule has 2 rings (SSSR count). The van der Waals surface area contributed by atoms with Crippen molar-refractivity contribution in [2.24, 2.45) is 0 Å². The molecule has 0 spiro atoms. The molecule has 1 aromatic heterocycles. The van der Waals surface area contributed by atoms with Gasteiger partial charge < -0.3 is 9.84 Å². The minimum atomic E-state index is -0.179. The Balaban J connectivity index is 2.24. The molecule has 1 heterocycles. The number of benzene rings is 1. The Kier molecular flexibility index (Phi) is 3.05. The minimum Gasteiger partial charge on any atom is -0.363 e. The monoisotopic (exact) mass is 280 g/mol. The molecule has 0 aliphatic carbocycles. The Labute approximate surface area is 101 Å². The fourth-order valence-corrected chi connectivity index (χ4v) is 1.68. The maximum Gasteiger partial charge on any atom is 0.256 e. The summed E-state index contributed by atoms with van der Waals surface area (Å²) in [6.45, 7) is 1.88. The largest absolute Gasteiger partial charge is 0.363 e. The van der Waals surface area contributed by atoms with Gasteiger partial charge in [-0.3, -0.25) is 4.79 Å². The molecule has 1 N–H and O–H groups in total. The first-order valence-electron chi connectivity index (χ1n) is 4.64. The Bertz CT molecular complexity index is 509. The number of hydrogen-bond donors (Lipinski definition) is 1. The topological polar surface area (TPSA) is 55.1 Å². The van der Waals surface area contributed by atoms with Crippen LogP contribution in [0, 0.1) is 6.92 Å². The van der Waals surface area contributed by atoms with Gasteiger partial charge in [0.2, 0.25) is 0 Å². The fourth-order valence-electron chi connectivity index (χ4n) is 1.32. The van der Waals surface area contributed by atoms with Crippen molar-refractivity contribution in [2.45, 2.75) is 6.92 Å². The highest BCUT2D eigenvalue weighted by molar-refractivity contribution is 9.10. The molecule has 4 nitrogen and oxygen atoms in total. The van der Waals surface area contributed by atoms with Crippen molar-refractivity contribution >= 4 is 27.5 Å². The van der Waals surface area contributed by atoms with Crippen LogP contribution in [-0.2, 0) is 0 Å². The van der Waals surface area contributed by atoms with Crippen LogP contribution in [0.15, 0.2) is 39.7 Å². The fraction of sp³-hybridized carbons (Fsp3) is 0.0909. The number of nitrogens with one attached hydrogen (secondary N) is 1. The molecule has 0 aliphatic rings. The number of aromatic nitrogens is 1. The van der Waals surface area contributed by atoms with Crippen LogP contribution in [0.25, 0.3) is 0 Å². The SMILES string of the molecule is Cc1c(Br)cccc1C(=O)Nc1cnoc1. The van der Waals surface area contributed by atoms with Gasteiger partial charge in [-0.05, 0) is 24.6 Å². The first-order valence-corrected chi connectivity index (χ1v) is 5.43. The number of anilines is 1. The van der Waals surface area contributed by atoms with E-state index in [1.165, 1.54) is 12.5 Å². The summed E-state index contributed by atoms with van der Waals surface area (Å²) >= 11 is 3.38. The van der Waals surface area contributed by atoms with Crippen LogP contribution in [0.3, 0.4) is 0 Å². The van der Waals surface area contributed by atoms with Gasteiger partial charge >= 0.3 is 0 Å². The van der Waals surface area contributed by atoms with E-state index in [2.05, 4.69) is 30.9 Å². The summed E-state index contributed by atoms with van der Waals surface area (Å²) in [4.78, 5) is 11.9. The van der Waals surface area contributed by atoms with E-state index in [1.54, 1.807) is 6.07 Å². The molecule has 2 aromatic rings. The van der Waals surface area contributed by atoms with Crippen molar-refractivity contribution in [3.8, 4) is 0 Å². The van der Waals surface area contributed by atoms with Crippen molar-refractivity contribution < 1.29 is 9.32 Å². The van der Waals surface area contributed by atoms with E-state index in [9.17, 15) is 4.79 Å². The highest BCUT2D eigenvalue weighted by Crippen LogP contribution is 2.20. The van der Waals surface area contributed by atoms with Crippen molar-refractivity contribution in [1.29, 1.82) is 0 Å². The van der Waals surface area contributed by atoms with Gasteiger partial charge in [-0.2, -0.15) is 0 Å². The lowest BCUT2D eigenvalue weighted by Crippen LogP contribution is -2.12. The average Bonchev–Trinajstić information content (AvgIpc) is 2.74. The lowest BCUT2D eigenvalue weighted by Gasteiger charge is -2.06. The summed E-state index contributed by atoms with van der Waals surface area (Å²) in [6.07, 6.45) is 2.83. The van der Waals surface area contributed by atoms with Crippen molar-refractivity contribution in [1.82, 2.24) is 5.16 Å². The summed E-state index contributed by atoms with van der Waals surface area (Å²) in [5.74, 6) is -0.179. The molecule has 0 saturated heterocycles. The minimum absolute atomic E-state index is 0.179. The molecule has 0 radical (unpaired) electrons. The number of amides is 1. The van der Waals surface area contributed by atoms with Crippen LogP contribution in [0.2, 0.25) is 0 Å². The normalized spacial score (nSPS) is 10.1. The van der Waals surface area contributed by atoms with Gasteiger partial charge in [0.15, 0.2) is 0 Å². The lowest BCUT2D eigenvalue weighted by molar-refractivity contribution is 0.102. The first-order chi connectivity index (χ1) is 7.68. The third-order valence-electron chi connectivity index (χ3n) is 2.20. The summed E-state index contributed by atoms with van der Waals surface area (Å²) < 4.78 is 5.54. The Morgan fingerprint density at radius 1 is 1.50 bits per heavy atom. The quantitative estimate of drug-likeness (QED) is 0.920. The van der Waals surface area contributed by atoms with Gasteiger partial charge in [0.1, 0.15) is 12.0 Å². The van der Waals surface area contributed by atoms with Crippen LogP contribution >= 0.6 is 15.9 Å². The second kappa shape index (κ2) is 4.49. The lowest BCUT2D eigenvalue weighted by atomic mass is 10.1. The van der Waals surface area contributed by atoms with E-state index < -0.39 is 0 Å². The zero-order chi connectivity index (χ0) is 11.5. The maximum atomic E-state index is 11.9. The Hall–Kier alpha value is -1.62. The number of nitrogens with zero attached hydrogens (tertiary/aromatic N) is 1. The van der Waals surface area contributed by atoms with Gasteiger partial charge in [-0.1, -0.05) is 27.2 Å². The molecule has 0 aliphatic heterocycles. The van der Waals surface area contributed by atoms with Crippen LogP contribution in [0.5, 0.6) is 0 Å². The molecule has 16 heavy (non-hydrogen) atoms. The van der Waals surface area contributed by atoms with Crippen molar-refractivity contribution in [3.63, 3.8) is 0 Å². The molecular formula is C11H9BrN2O2. The zero-order valence-electron chi connectivity index (χ0n) is 8.53. The molecule has 0 bridgehead atoms. The second-order valence-corrected chi connectivity index (χ2v) is 4.13. The number of rotatable bonds is 2. The molecule has 1 aromatic carbocycles. The van der Waals surface area contributed by atoms with E-state index in [1.807, 2.05) is 19.1 Å². The van der Waals surface area contributed by atoms with Gasteiger partial charge in [0, 0.05) is 10.0 Å². The van der Waals surface area contributed by atoms with Crippen molar-refractivity contribution in [2.75, 3.05) is 5.32 Å². The predicted octanol–water partition coefficient (Wildman–Crippen LogP) is 3.00. The Morgan fingerprint density at radius 3 is 3.00 bits per heavy atom. The number of carbonyl (C=O) groups excluding carboxylic acids is 1. The molecule has 0 unspecified atom stereocenters. The summed E-state index contributed by atoms with van der Waals surface area (Å²) in [6, 6.07) is 5.48. The maximum absolute atomic E-state index is 11.9. The number of hydrogen-bond acceptors (Lipinski definition) is 3. The summed E-state index contributed by atoms with van der Waals surface area (Å²) in [5, 5.41) is 6.20. The van der Waals surface area contributed by atoms with Crippen LogP contribution in [-0.4, -0.2) is 11.1 Å². The molecule has 82 valence electrons. The van der Waals surface area contributed by atoms with Crippen LogP contribution in [0.1, 0.15) is 15.9 Å². The predicted molar refractivity (Wildman–Crippen MR) is 63.3 cm³/mol. The second-order valence-electron chi connectivity index (χ2n) is 3.28. The highest BCUT2D eigenvalue weighted by atomic mass is 79.9. The van der Waals surface area contributed by atoms with Gasteiger partial charge in [-0.25, -0.2) is 0 Å². The highest BCUT2D eigenvalue weighted by Gasteiger charge is 2.11. The van der Waals surface area contributed by atoms with E-state index in [0.717, 1.165) is 10.0 Å². The van der Waals surface area contributed by atoms with E-state index >= 15 is 0 Å². The first kappa shape index (κ1) is 10.9. The molecule has 1 amide bonds. The molecule has 0 atom stereocenters. The number of halogens is 1. The van der Waals surface area contributed by atoms with Crippen molar-refractivity contribution in [3.05, 3.63) is 46.3 Å². The average molecular weight is 281 g/mol. The molecule has 5 heteroatoms. The summed E-state index contributed by atoms with van der Waals surface area (Å²) in [5.41, 5.74) is 2.07. The molecule has 0 saturated carbocycles. The van der Waals surface area contributed by atoms with Gasteiger partial charge in [0.05, 0.1) is 6.20 Å². The smallest absolute Gasteiger partial charge is 0.256 e. The van der Waals surface area contributed by atoms with Gasteiger partial charge in [-0.15, -0.1) is 0 Å². The van der Waals surface area contributed by atoms with Gasteiger partial charge in [0.25, 0.3) is 5.91 Å². The van der Waals surface area contributed by atoms with E-state index in [-0.39, 0.29) is 5.91 Å².